The smallest absolute Gasteiger partial charge is 0.308 e. The summed E-state index contributed by atoms with van der Waals surface area (Å²) in [5, 5.41) is 9.64. The van der Waals surface area contributed by atoms with Crippen LogP contribution in [0.2, 0.25) is 0 Å². The van der Waals surface area contributed by atoms with E-state index >= 15 is 0 Å². The molecule has 0 unspecified atom stereocenters. The van der Waals surface area contributed by atoms with Crippen molar-refractivity contribution in [3.63, 3.8) is 0 Å². The van der Waals surface area contributed by atoms with Crippen molar-refractivity contribution in [3.05, 3.63) is 87.6 Å². The van der Waals surface area contributed by atoms with Crippen molar-refractivity contribution in [1.82, 2.24) is 14.8 Å². The zero-order chi connectivity index (χ0) is 24.0. The second-order valence-corrected chi connectivity index (χ2v) is 9.44. The summed E-state index contributed by atoms with van der Waals surface area (Å²) in [6.45, 7) is 6.06. The molecule has 5 rings (SSSR count). The van der Waals surface area contributed by atoms with Crippen molar-refractivity contribution in [2.75, 3.05) is 7.11 Å². The van der Waals surface area contributed by atoms with Gasteiger partial charge in [0.2, 0.25) is 0 Å². The van der Waals surface area contributed by atoms with Crippen molar-refractivity contribution in [2.45, 2.75) is 33.2 Å². The van der Waals surface area contributed by atoms with E-state index in [1.807, 2.05) is 41.8 Å². The minimum atomic E-state index is -0.547. The maximum Gasteiger partial charge on any atom is 0.308 e. The van der Waals surface area contributed by atoms with Crippen molar-refractivity contribution in [3.8, 4) is 16.1 Å². The SMILES string of the molecule is COC(=O)C[C@@H]1N=C(c2ccc(-c3ccccc3F)cc2)c2c(sc(C)c2C)-n2c(C)nnc21. The molecular formula is C26H23FN4O2S. The number of aryl methyl sites for hydroxylation is 2. The largest absolute Gasteiger partial charge is 0.469 e. The summed E-state index contributed by atoms with van der Waals surface area (Å²) in [5.74, 6) is 0.718. The third kappa shape index (κ3) is 3.64. The highest BCUT2D eigenvalue weighted by atomic mass is 32.1. The molecule has 0 saturated heterocycles. The molecule has 1 aliphatic heterocycles. The van der Waals surface area contributed by atoms with Crippen molar-refractivity contribution >= 4 is 23.0 Å². The molecule has 0 radical (unpaired) electrons. The number of esters is 1. The van der Waals surface area contributed by atoms with E-state index in [0.717, 1.165) is 38.8 Å². The predicted molar refractivity (Wildman–Crippen MR) is 130 cm³/mol. The van der Waals surface area contributed by atoms with Gasteiger partial charge in [0.15, 0.2) is 5.82 Å². The number of hydrogen-bond acceptors (Lipinski definition) is 6. The lowest BCUT2D eigenvalue weighted by molar-refractivity contribution is -0.141. The number of halogens is 1. The van der Waals surface area contributed by atoms with Crippen molar-refractivity contribution in [2.24, 2.45) is 4.99 Å². The van der Waals surface area contributed by atoms with Crippen LogP contribution in [0.15, 0.2) is 53.5 Å². The molecule has 2 aromatic carbocycles. The standard InChI is InChI=1S/C26H23FN4O2S/c1-14-15(2)34-26-23(14)24(18-11-9-17(10-12-18)19-7-5-6-8-20(19)27)28-21(13-22(32)33-4)25-30-29-16(3)31(25)26/h5-12,21H,13H2,1-4H3/t21-/m0/s1. The number of methoxy groups -OCH3 is 1. The maximum absolute atomic E-state index is 14.3. The van der Waals surface area contributed by atoms with Crippen LogP contribution in [0.25, 0.3) is 16.1 Å². The fourth-order valence-electron chi connectivity index (χ4n) is 4.27. The summed E-state index contributed by atoms with van der Waals surface area (Å²) in [6.07, 6.45) is 0.0540. The number of aromatic nitrogens is 3. The molecular weight excluding hydrogens is 451 g/mol. The summed E-state index contributed by atoms with van der Waals surface area (Å²) in [4.78, 5) is 18.5. The van der Waals surface area contributed by atoms with E-state index in [-0.39, 0.29) is 18.2 Å². The fourth-order valence-corrected chi connectivity index (χ4v) is 5.48. The van der Waals surface area contributed by atoms with E-state index in [1.165, 1.54) is 18.1 Å². The van der Waals surface area contributed by atoms with E-state index in [4.69, 9.17) is 9.73 Å². The van der Waals surface area contributed by atoms with Gasteiger partial charge in [-0.1, -0.05) is 42.5 Å². The second-order valence-electron chi connectivity index (χ2n) is 8.24. The molecule has 0 saturated carbocycles. The Morgan fingerprint density at radius 1 is 1.06 bits per heavy atom. The Morgan fingerprint density at radius 2 is 1.76 bits per heavy atom. The van der Waals surface area contributed by atoms with E-state index < -0.39 is 6.04 Å². The Morgan fingerprint density at radius 3 is 2.47 bits per heavy atom. The van der Waals surface area contributed by atoms with Crippen LogP contribution in [0.1, 0.15) is 45.7 Å². The van der Waals surface area contributed by atoms with E-state index in [1.54, 1.807) is 23.5 Å². The number of aliphatic imine (C=N–C) groups is 1. The van der Waals surface area contributed by atoms with Crippen LogP contribution in [-0.4, -0.2) is 33.6 Å². The highest BCUT2D eigenvalue weighted by Gasteiger charge is 2.32. The first kappa shape index (κ1) is 22.2. The Kier molecular flexibility index (Phi) is 5.61. The first-order valence-corrected chi connectivity index (χ1v) is 11.7. The van der Waals surface area contributed by atoms with Gasteiger partial charge in [0.1, 0.15) is 22.7 Å². The van der Waals surface area contributed by atoms with Crippen LogP contribution in [0, 0.1) is 26.6 Å². The number of fused-ring (bicyclic) bond motifs is 3. The minimum absolute atomic E-state index is 0.0540. The number of thiophene rings is 1. The molecule has 0 N–H and O–H groups in total. The minimum Gasteiger partial charge on any atom is -0.469 e. The maximum atomic E-state index is 14.3. The van der Waals surface area contributed by atoms with Crippen molar-refractivity contribution in [1.29, 1.82) is 0 Å². The van der Waals surface area contributed by atoms with Gasteiger partial charge in [-0.25, -0.2) is 4.39 Å². The predicted octanol–water partition coefficient (Wildman–Crippen LogP) is 5.52. The van der Waals surface area contributed by atoms with Gasteiger partial charge in [0.25, 0.3) is 0 Å². The molecule has 34 heavy (non-hydrogen) atoms. The number of carbonyl (C=O) groups excluding carboxylic acids is 1. The topological polar surface area (TPSA) is 69.4 Å². The number of benzene rings is 2. The summed E-state index contributed by atoms with van der Waals surface area (Å²) in [6, 6.07) is 13.9. The summed E-state index contributed by atoms with van der Waals surface area (Å²) < 4.78 is 21.2. The number of rotatable bonds is 4. The highest BCUT2D eigenvalue weighted by Crippen LogP contribution is 2.39. The molecule has 6 nitrogen and oxygen atoms in total. The van der Waals surface area contributed by atoms with Gasteiger partial charge in [-0.05, 0) is 38.0 Å². The van der Waals surface area contributed by atoms with E-state index in [2.05, 4.69) is 24.0 Å². The molecule has 1 aliphatic rings. The molecule has 1 atom stereocenters. The van der Waals surface area contributed by atoms with E-state index in [9.17, 15) is 9.18 Å². The Hall–Kier alpha value is -3.65. The van der Waals surface area contributed by atoms with E-state index in [0.29, 0.717) is 11.4 Å². The lowest BCUT2D eigenvalue weighted by atomic mass is 9.97. The monoisotopic (exact) mass is 474 g/mol. The summed E-state index contributed by atoms with van der Waals surface area (Å²) in [5.41, 5.74) is 5.11. The Labute approximate surface area is 200 Å². The molecule has 0 aliphatic carbocycles. The van der Waals surface area contributed by atoms with Crippen molar-refractivity contribution < 1.29 is 13.9 Å². The van der Waals surface area contributed by atoms with Gasteiger partial charge in [-0.3, -0.25) is 14.4 Å². The molecule has 3 heterocycles. The Bertz CT molecular complexity index is 1440. The average Bonchev–Trinajstić information content (AvgIpc) is 3.31. The summed E-state index contributed by atoms with van der Waals surface area (Å²) >= 11 is 1.66. The number of ether oxygens (including phenoxy) is 1. The van der Waals surface area contributed by atoms with Crippen LogP contribution in [0.4, 0.5) is 4.39 Å². The first-order chi connectivity index (χ1) is 16.4. The normalized spacial score (nSPS) is 14.7. The lowest BCUT2D eigenvalue weighted by Crippen LogP contribution is -2.12. The molecule has 0 fully saturated rings. The zero-order valence-electron chi connectivity index (χ0n) is 19.3. The first-order valence-electron chi connectivity index (χ1n) is 10.9. The molecule has 0 amide bonds. The third-order valence-electron chi connectivity index (χ3n) is 6.17. The lowest BCUT2D eigenvalue weighted by Gasteiger charge is -2.12. The van der Waals surface area contributed by atoms with Gasteiger partial charge in [-0.2, -0.15) is 0 Å². The summed E-state index contributed by atoms with van der Waals surface area (Å²) in [7, 11) is 1.37. The molecule has 172 valence electrons. The number of carbonyl (C=O) groups is 1. The molecule has 4 aromatic rings. The number of hydrogen-bond donors (Lipinski definition) is 0. The quantitative estimate of drug-likeness (QED) is 0.366. The van der Waals surface area contributed by atoms with Crippen LogP contribution in [0.5, 0.6) is 0 Å². The molecule has 0 bridgehead atoms. The van der Waals surface area contributed by atoms with Crippen LogP contribution in [0.3, 0.4) is 0 Å². The number of nitrogens with zero attached hydrogens (tertiary/aromatic N) is 4. The zero-order valence-corrected chi connectivity index (χ0v) is 20.1. The van der Waals surface area contributed by atoms with Crippen LogP contribution < -0.4 is 0 Å². The highest BCUT2D eigenvalue weighted by molar-refractivity contribution is 7.15. The van der Waals surface area contributed by atoms with Crippen LogP contribution in [-0.2, 0) is 9.53 Å². The van der Waals surface area contributed by atoms with Gasteiger partial charge >= 0.3 is 5.97 Å². The molecule has 8 heteroatoms. The van der Waals surface area contributed by atoms with Gasteiger partial charge in [0.05, 0.1) is 19.2 Å². The van der Waals surface area contributed by atoms with Gasteiger partial charge in [0, 0.05) is 21.6 Å². The van der Waals surface area contributed by atoms with Crippen LogP contribution >= 0.6 is 11.3 Å². The Balaban J connectivity index is 1.69. The average molecular weight is 475 g/mol. The van der Waals surface area contributed by atoms with Gasteiger partial charge in [-0.15, -0.1) is 21.5 Å². The van der Waals surface area contributed by atoms with Gasteiger partial charge < -0.3 is 4.74 Å². The molecule has 2 aromatic heterocycles. The third-order valence-corrected chi connectivity index (χ3v) is 7.36. The molecule has 0 spiro atoms. The second kappa shape index (κ2) is 8.61. The fraction of sp³-hybridized carbons (Fsp3) is 0.231.